The quantitative estimate of drug-likeness (QED) is 0.529. The van der Waals surface area contributed by atoms with Crippen molar-refractivity contribution in [2.75, 3.05) is 0 Å². The van der Waals surface area contributed by atoms with Crippen LogP contribution in [0.2, 0.25) is 0 Å². The average molecular weight is 262 g/mol. The zero-order valence-corrected chi connectivity index (χ0v) is 11.2. The minimum Gasteiger partial charge on any atom is -0.457 e. The van der Waals surface area contributed by atoms with Crippen LogP contribution in [-0.4, -0.2) is 28.6 Å². The van der Waals surface area contributed by atoms with Crippen LogP contribution in [0, 0.1) is 17.3 Å². The maximum Gasteiger partial charge on any atom is 0.334 e. The number of carbonyl (C=O) groups is 2. The predicted molar refractivity (Wildman–Crippen MR) is 68.1 cm³/mol. The van der Waals surface area contributed by atoms with Crippen LogP contribution >= 0.6 is 0 Å². The molecule has 0 unspecified atom stereocenters. The van der Waals surface area contributed by atoms with Gasteiger partial charge in [0.2, 0.25) is 0 Å². The fraction of sp³-hybridized carbons (Fsp3) is 0.600. The van der Waals surface area contributed by atoms with Gasteiger partial charge in [-0.15, -0.1) is 0 Å². The summed E-state index contributed by atoms with van der Waals surface area (Å²) in [6.07, 6.45) is 3.85. The highest BCUT2D eigenvalue weighted by atomic mass is 16.6. The van der Waals surface area contributed by atoms with Gasteiger partial charge in [0.15, 0.2) is 5.78 Å². The summed E-state index contributed by atoms with van der Waals surface area (Å²) in [6.45, 7) is 7.44. The van der Waals surface area contributed by atoms with Gasteiger partial charge in [0, 0.05) is 11.5 Å². The maximum absolute atomic E-state index is 12.3. The maximum atomic E-state index is 12.3. The zero-order chi connectivity index (χ0) is 14.0. The SMILES string of the molecule is C=C1C(=O)O[C@@H]2[C@H]1CC[C@H](C)[C@]1(O)C=CC(=O)[C@@]21C. The highest BCUT2D eigenvalue weighted by molar-refractivity contribution is 6.01. The first-order valence-electron chi connectivity index (χ1n) is 6.68. The van der Waals surface area contributed by atoms with Gasteiger partial charge < -0.3 is 9.84 Å². The van der Waals surface area contributed by atoms with E-state index in [0.29, 0.717) is 5.57 Å². The van der Waals surface area contributed by atoms with Gasteiger partial charge in [-0.3, -0.25) is 4.79 Å². The third-order valence-corrected chi connectivity index (χ3v) is 5.37. The molecule has 2 fully saturated rings. The van der Waals surface area contributed by atoms with Crippen molar-refractivity contribution in [1.82, 2.24) is 0 Å². The minimum absolute atomic E-state index is 0.0581. The fourth-order valence-electron chi connectivity index (χ4n) is 3.89. The third-order valence-electron chi connectivity index (χ3n) is 5.37. The molecule has 5 atom stereocenters. The fourth-order valence-corrected chi connectivity index (χ4v) is 3.89. The minimum atomic E-state index is -1.24. The molecule has 1 N–H and O–H groups in total. The standard InChI is InChI=1S/C15H18O4/c1-8-4-5-10-9(2)13(17)19-12(10)14(3)11(16)6-7-15(8,14)18/h6-8,10,12,18H,2,4-5H2,1,3H3/t8-,10-,12+,14-,15+/m0/s1. The highest BCUT2D eigenvalue weighted by Crippen LogP contribution is 2.56. The molecule has 19 heavy (non-hydrogen) atoms. The summed E-state index contributed by atoms with van der Waals surface area (Å²) in [5.41, 5.74) is -1.90. The molecule has 0 amide bonds. The van der Waals surface area contributed by atoms with Crippen molar-refractivity contribution in [1.29, 1.82) is 0 Å². The van der Waals surface area contributed by atoms with Crippen molar-refractivity contribution in [3.63, 3.8) is 0 Å². The number of fused-ring (bicyclic) bond motifs is 3. The molecule has 4 nitrogen and oxygen atoms in total. The number of hydrogen-bond donors (Lipinski definition) is 1. The van der Waals surface area contributed by atoms with E-state index in [9.17, 15) is 14.7 Å². The van der Waals surface area contributed by atoms with Crippen LogP contribution in [0.15, 0.2) is 24.3 Å². The predicted octanol–water partition coefficient (Wildman–Crippen LogP) is 1.39. The molecule has 1 saturated heterocycles. The molecule has 3 aliphatic rings. The summed E-state index contributed by atoms with van der Waals surface area (Å²) in [4.78, 5) is 24.1. The topological polar surface area (TPSA) is 63.6 Å². The summed E-state index contributed by atoms with van der Waals surface area (Å²) in [5, 5.41) is 11.0. The Hall–Kier alpha value is -1.42. The highest BCUT2D eigenvalue weighted by Gasteiger charge is 2.66. The molecule has 4 heteroatoms. The summed E-state index contributed by atoms with van der Waals surface area (Å²) in [6, 6.07) is 0. The van der Waals surface area contributed by atoms with Crippen molar-refractivity contribution in [2.24, 2.45) is 17.3 Å². The van der Waals surface area contributed by atoms with Crippen LogP contribution in [-0.2, 0) is 14.3 Å². The van der Waals surface area contributed by atoms with E-state index >= 15 is 0 Å². The van der Waals surface area contributed by atoms with Gasteiger partial charge in [0.05, 0.1) is 0 Å². The lowest BCUT2D eigenvalue weighted by atomic mass is 9.65. The largest absolute Gasteiger partial charge is 0.457 e. The van der Waals surface area contributed by atoms with E-state index in [4.69, 9.17) is 4.74 Å². The molecule has 0 aromatic carbocycles. The van der Waals surface area contributed by atoms with Crippen LogP contribution in [0.25, 0.3) is 0 Å². The lowest BCUT2D eigenvalue weighted by Crippen LogP contribution is -2.56. The Morgan fingerprint density at radius 3 is 2.79 bits per heavy atom. The summed E-state index contributed by atoms with van der Waals surface area (Å²) < 4.78 is 5.40. The van der Waals surface area contributed by atoms with E-state index in [1.54, 1.807) is 13.0 Å². The summed E-state index contributed by atoms with van der Waals surface area (Å²) in [5.74, 6) is -0.829. The molecular weight excluding hydrogens is 244 g/mol. The molecule has 3 rings (SSSR count). The van der Waals surface area contributed by atoms with E-state index in [2.05, 4.69) is 6.58 Å². The Morgan fingerprint density at radius 1 is 1.42 bits per heavy atom. The molecule has 1 saturated carbocycles. The normalized spacial score (nSPS) is 48.8. The van der Waals surface area contributed by atoms with E-state index in [1.165, 1.54) is 6.08 Å². The van der Waals surface area contributed by atoms with E-state index in [-0.39, 0.29) is 17.6 Å². The van der Waals surface area contributed by atoms with Crippen LogP contribution in [0.1, 0.15) is 26.7 Å². The molecule has 1 heterocycles. The van der Waals surface area contributed by atoms with E-state index in [0.717, 1.165) is 12.8 Å². The van der Waals surface area contributed by atoms with Crippen LogP contribution in [0.3, 0.4) is 0 Å². The molecule has 0 aromatic rings. The van der Waals surface area contributed by atoms with Crippen LogP contribution in [0.4, 0.5) is 0 Å². The second kappa shape index (κ2) is 3.57. The average Bonchev–Trinajstić information content (AvgIpc) is 2.76. The molecular formula is C15H18O4. The second-order valence-corrected chi connectivity index (χ2v) is 6.16. The number of aliphatic hydroxyl groups is 1. The number of rotatable bonds is 0. The first kappa shape index (κ1) is 12.6. The molecule has 0 aromatic heterocycles. The molecule has 0 bridgehead atoms. The van der Waals surface area contributed by atoms with Gasteiger partial charge in [-0.1, -0.05) is 13.5 Å². The smallest absolute Gasteiger partial charge is 0.334 e. The van der Waals surface area contributed by atoms with Crippen molar-refractivity contribution >= 4 is 11.8 Å². The number of hydrogen-bond acceptors (Lipinski definition) is 4. The zero-order valence-electron chi connectivity index (χ0n) is 11.2. The van der Waals surface area contributed by atoms with Crippen molar-refractivity contribution in [3.05, 3.63) is 24.3 Å². The third kappa shape index (κ3) is 1.27. The number of ketones is 1. The van der Waals surface area contributed by atoms with Gasteiger partial charge in [-0.25, -0.2) is 4.79 Å². The number of allylic oxidation sites excluding steroid dienone is 1. The molecule has 2 aliphatic carbocycles. The molecule has 1 aliphatic heterocycles. The van der Waals surface area contributed by atoms with Crippen LogP contribution in [0.5, 0.6) is 0 Å². The number of carbonyl (C=O) groups excluding carboxylic acids is 2. The Balaban J connectivity index is 2.16. The molecule has 0 radical (unpaired) electrons. The Morgan fingerprint density at radius 2 is 2.11 bits per heavy atom. The van der Waals surface area contributed by atoms with E-state index < -0.39 is 23.1 Å². The number of esters is 1. The van der Waals surface area contributed by atoms with Gasteiger partial charge in [0.1, 0.15) is 17.1 Å². The Bertz CT molecular complexity index is 520. The van der Waals surface area contributed by atoms with Crippen molar-refractivity contribution in [3.8, 4) is 0 Å². The van der Waals surface area contributed by atoms with Gasteiger partial charge in [-0.05, 0) is 37.8 Å². The Kier molecular flexibility index (Phi) is 2.37. The number of ether oxygens (including phenoxy) is 1. The van der Waals surface area contributed by atoms with Crippen molar-refractivity contribution < 1.29 is 19.4 Å². The molecule has 0 spiro atoms. The van der Waals surface area contributed by atoms with Gasteiger partial charge in [0.25, 0.3) is 0 Å². The second-order valence-electron chi connectivity index (χ2n) is 6.16. The molecule has 102 valence electrons. The summed E-state index contributed by atoms with van der Waals surface area (Å²) in [7, 11) is 0. The van der Waals surface area contributed by atoms with Crippen molar-refractivity contribution in [2.45, 2.75) is 38.4 Å². The lowest BCUT2D eigenvalue weighted by molar-refractivity contribution is -0.165. The summed E-state index contributed by atoms with van der Waals surface area (Å²) >= 11 is 0. The Labute approximate surface area is 112 Å². The first-order valence-corrected chi connectivity index (χ1v) is 6.68. The first-order chi connectivity index (χ1) is 8.82. The monoisotopic (exact) mass is 262 g/mol. The lowest BCUT2D eigenvalue weighted by Gasteiger charge is -2.43. The van der Waals surface area contributed by atoms with Gasteiger partial charge in [-0.2, -0.15) is 0 Å². The van der Waals surface area contributed by atoms with Crippen LogP contribution < -0.4 is 0 Å². The van der Waals surface area contributed by atoms with Gasteiger partial charge >= 0.3 is 5.97 Å². The van der Waals surface area contributed by atoms with E-state index in [1.807, 2.05) is 6.92 Å².